The van der Waals surface area contributed by atoms with Gasteiger partial charge in [-0.3, -0.25) is 14.4 Å². The van der Waals surface area contributed by atoms with Crippen molar-refractivity contribution in [1.29, 1.82) is 0 Å². The number of fused-ring (bicyclic) bond motifs is 5. The molecule has 4 aliphatic carbocycles. The first kappa shape index (κ1) is 24.9. The van der Waals surface area contributed by atoms with Gasteiger partial charge in [-0.1, -0.05) is 26.3 Å². The van der Waals surface area contributed by atoms with E-state index in [-0.39, 0.29) is 35.4 Å². The lowest BCUT2D eigenvalue weighted by Crippen LogP contribution is -2.64. The largest absolute Gasteiger partial charge is 0.450 e. The second kappa shape index (κ2) is 8.80. The number of aliphatic hydroxyl groups excluding tert-OH is 2. The lowest BCUT2D eigenvalue weighted by Gasteiger charge is -2.60. The minimum absolute atomic E-state index is 0.0198. The summed E-state index contributed by atoms with van der Waals surface area (Å²) in [6.07, 6.45) is 8.06. The number of esters is 1. The van der Waals surface area contributed by atoms with E-state index in [0.717, 1.165) is 43.0 Å². The predicted octanol–water partition coefficient (Wildman–Crippen LogP) is 3.82. The van der Waals surface area contributed by atoms with Gasteiger partial charge < -0.3 is 14.9 Å². The SMILES string of the molecule is CCCC(=O)O[C@@]1(C(=O)C(O)SC)CC[C@H]2[C@@H]3CCC4=CC(=O)CC[C@]4(C)[C@H]3[C@@H](O)C[C@@]21C. The van der Waals surface area contributed by atoms with Crippen molar-refractivity contribution in [3.8, 4) is 0 Å². The third-order valence-electron chi connectivity index (χ3n) is 9.60. The van der Waals surface area contributed by atoms with Gasteiger partial charge in [0.2, 0.25) is 5.78 Å². The van der Waals surface area contributed by atoms with Gasteiger partial charge in [0.25, 0.3) is 0 Å². The maximum atomic E-state index is 13.6. The number of ketones is 2. The highest BCUT2D eigenvalue weighted by atomic mass is 32.2. The normalized spacial score (nSPS) is 43.1. The maximum absolute atomic E-state index is 13.6. The van der Waals surface area contributed by atoms with Gasteiger partial charge in [0, 0.05) is 18.3 Å². The van der Waals surface area contributed by atoms with Crippen LogP contribution in [-0.4, -0.2) is 51.1 Å². The summed E-state index contributed by atoms with van der Waals surface area (Å²) in [6, 6.07) is 0. The number of hydrogen-bond acceptors (Lipinski definition) is 7. The average molecular weight is 479 g/mol. The Balaban J connectivity index is 1.74. The van der Waals surface area contributed by atoms with Gasteiger partial charge in [-0.2, -0.15) is 0 Å². The molecular weight excluding hydrogens is 440 g/mol. The topological polar surface area (TPSA) is 101 Å². The molecule has 0 aromatic carbocycles. The Morgan fingerprint density at radius 3 is 2.64 bits per heavy atom. The zero-order valence-corrected chi connectivity index (χ0v) is 21.1. The number of carbonyl (C=O) groups excluding carboxylic acids is 3. The van der Waals surface area contributed by atoms with Gasteiger partial charge in [0.15, 0.2) is 16.8 Å². The summed E-state index contributed by atoms with van der Waals surface area (Å²) in [4.78, 5) is 38.4. The molecule has 8 atom stereocenters. The Hall–Kier alpha value is -1.18. The first-order valence-electron chi connectivity index (χ1n) is 12.4. The second-order valence-electron chi connectivity index (χ2n) is 11.1. The molecule has 184 valence electrons. The van der Waals surface area contributed by atoms with Gasteiger partial charge >= 0.3 is 5.97 Å². The molecule has 0 aliphatic heterocycles. The van der Waals surface area contributed by atoms with Crippen molar-refractivity contribution < 1.29 is 29.3 Å². The highest BCUT2D eigenvalue weighted by Crippen LogP contribution is 2.68. The summed E-state index contributed by atoms with van der Waals surface area (Å²) < 4.78 is 6.04. The lowest BCUT2D eigenvalue weighted by atomic mass is 9.45. The van der Waals surface area contributed by atoms with Crippen LogP contribution in [0.2, 0.25) is 0 Å². The van der Waals surface area contributed by atoms with E-state index in [1.807, 2.05) is 19.9 Å². The van der Waals surface area contributed by atoms with E-state index in [0.29, 0.717) is 25.7 Å². The Kier molecular flexibility index (Phi) is 6.64. The number of ether oxygens (including phenoxy) is 1. The van der Waals surface area contributed by atoms with E-state index in [4.69, 9.17) is 4.74 Å². The summed E-state index contributed by atoms with van der Waals surface area (Å²) >= 11 is 1.05. The molecule has 0 heterocycles. The molecule has 3 fully saturated rings. The molecule has 0 radical (unpaired) electrons. The predicted molar refractivity (Wildman–Crippen MR) is 126 cm³/mol. The molecule has 0 amide bonds. The molecule has 0 bridgehead atoms. The number of thioether (sulfide) groups is 1. The first-order valence-corrected chi connectivity index (χ1v) is 13.7. The molecule has 0 spiro atoms. The van der Waals surface area contributed by atoms with Crippen LogP contribution in [0, 0.1) is 28.6 Å². The maximum Gasteiger partial charge on any atom is 0.306 e. The third kappa shape index (κ3) is 3.64. The number of carbonyl (C=O) groups is 3. The molecule has 0 aromatic heterocycles. The summed E-state index contributed by atoms with van der Waals surface area (Å²) in [5, 5.41) is 22.1. The Labute approximate surface area is 200 Å². The smallest absolute Gasteiger partial charge is 0.306 e. The Bertz CT molecular complexity index is 869. The third-order valence-corrected chi connectivity index (χ3v) is 10.3. The van der Waals surface area contributed by atoms with Crippen molar-refractivity contribution in [2.75, 3.05) is 6.26 Å². The van der Waals surface area contributed by atoms with Crippen molar-refractivity contribution in [3.63, 3.8) is 0 Å². The summed E-state index contributed by atoms with van der Waals surface area (Å²) in [5.41, 5.74) is -2.49. The van der Waals surface area contributed by atoms with Crippen molar-refractivity contribution in [1.82, 2.24) is 0 Å². The Morgan fingerprint density at radius 2 is 1.97 bits per heavy atom. The van der Waals surface area contributed by atoms with Crippen LogP contribution in [0.25, 0.3) is 0 Å². The van der Waals surface area contributed by atoms with Crippen molar-refractivity contribution >= 4 is 29.3 Å². The van der Waals surface area contributed by atoms with Crippen LogP contribution >= 0.6 is 11.8 Å². The molecule has 0 saturated heterocycles. The minimum Gasteiger partial charge on any atom is -0.450 e. The zero-order chi connectivity index (χ0) is 24.2. The number of hydrogen-bond donors (Lipinski definition) is 2. The molecule has 4 aliphatic rings. The molecule has 3 saturated carbocycles. The van der Waals surface area contributed by atoms with Crippen LogP contribution in [0.15, 0.2) is 11.6 Å². The molecule has 4 rings (SSSR count). The quantitative estimate of drug-likeness (QED) is 0.442. The number of allylic oxidation sites excluding steroid dienone is 1. The summed E-state index contributed by atoms with van der Waals surface area (Å²) in [7, 11) is 0. The van der Waals surface area contributed by atoms with E-state index in [2.05, 4.69) is 6.92 Å². The van der Waals surface area contributed by atoms with E-state index >= 15 is 0 Å². The monoisotopic (exact) mass is 478 g/mol. The van der Waals surface area contributed by atoms with E-state index in [1.165, 1.54) is 0 Å². The van der Waals surface area contributed by atoms with Gasteiger partial charge in [-0.15, -0.1) is 11.8 Å². The number of Topliss-reactive ketones (excluding diaryl/α,β-unsaturated/α-hetero) is 1. The molecule has 6 nitrogen and oxygen atoms in total. The van der Waals surface area contributed by atoms with Crippen molar-refractivity contribution in [2.24, 2.45) is 28.6 Å². The van der Waals surface area contributed by atoms with Crippen LogP contribution in [0.4, 0.5) is 0 Å². The number of aliphatic hydroxyl groups is 2. The molecule has 7 heteroatoms. The Morgan fingerprint density at radius 1 is 1.24 bits per heavy atom. The average Bonchev–Trinajstić information content (AvgIpc) is 3.05. The first-order chi connectivity index (χ1) is 15.5. The van der Waals surface area contributed by atoms with Crippen LogP contribution in [0.5, 0.6) is 0 Å². The van der Waals surface area contributed by atoms with Gasteiger partial charge in [-0.05, 0) is 80.4 Å². The lowest BCUT2D eigenvalue weighted by molar-refractivity contribution is -0.203. The standard InChI is InChI=1S/C26H38O6S/c1-5-6-20(29)32-26(22(30)23(31)33-4)12-10-18-17-8-7-15-13-16(27)9-11-24(15,2)21(17)19(28)14-25(18,26)3/h13,17-19,21,23,28,31H,5-12,14H2,1-4H3/t17-,18-,19-,21+,23?,24-,25-,26+/m0/s1. The molecule has 33 heavy (non-hydrogen) atoms. The van der Waals surface area contributed by atoms with Gasteiger partial charge in [0.05, 0.1) is 6.10 Å². The van der Waals surface area contributed by atoms with Gasteiger partial charge in [-0.25, -0.2) is 0 Å². The highest BCUT2D eigenvalue weighted by molar-refractivity contribution is 7.99. The fourth-order valence-electron chi connectivity index (χ4n) is 8.05. The van der Waals surface area contributed by atoms with Crippen molar-refractivity contribution in [2.45, 2.75) is 95.7 Å². The summed E-state index contributed by atoms with van der Waals surface area (Å²) in [6.45, 7) is 6.08. The van der Waals surface area contributed by atoms with Crippen LogP contribution in [0.1, 0.15) is 78.6 Å². The summed E-state index contributed by atoms with van der Waals surface area (Å²) in [5.74, 6) is -0.374. The molecule has 2 N–H and O–H groups in total. The number of rotatable bonds is 6. The minimum atomic E-state index is -1.42. The fourth-order valence-corrected chi connectivity index (χ4v) is 8.46. The van der Waals surface area contributed by atoms with E-state index < -0.39 is 34.3 Å². The fraction of sp³-hybridized carbons (Fsp3) is 0.808. The molecular formula is C26H38O6S. The van der Waals surface area contributed by atoms with Crippen molar-refractivity contribution in [3.05, 3.63) is 11.6 Å². The van der Waals surface area contributed by atoms with Crippen LogP contribution < -0.4 is 0 Å². The van der Waals surface area contributed by atoms with E-state index in [1.54, 1.807) is 6.26 Å². The second-order valence-corrected chi connectivity index (χ2v) is 12.0. The van der Waals surface area contributed by atoms with Crippen LogP contribution in [0.3, 0.4) is 0 Å². The highest BCUT2D eigenvalue weighted by Gasteiger charge is 2.71. The molecule has 0 aromatic rings. The molecule has 1 unspecified atom stereocenters. The van der Waals surface area contributed by atoms with Gasteiger partial charge in [0.1, 0.15) is 0 Å². The zero-order valence-electron chi connectivity index (χ0n) is 20.3. The van der Waals surface area contributed by atoms with E-state index in [9.17, 15) is 24.6 Å². The van der Waals surface area contributed by atoms with Crippen LogP contribution in [-0.2, 0) is 19.1 Å².